The first kappa shape index (κ1) is 13.0. The molecule has 0 amide bonds. The number of hydrogen-bond acceptors (Lipinski definition) is 1. The zero-order chi connectivity index (χ0) is 12.2. The second kappa shape index (κ2) is 5.35. The van der Waals surface area contributed by atoms with Crippen molar-refractivity contribution in [3.63, 3.8) is 0 Å². The molecule has 0 fully saturated rings. The molecule has 0 aliphatic heterocycles. The molecule has 0 bridgehead atoms. The van der Waals surface area contributed by atoms with Crippen molar-refractivity contribution in [1.29, 1.82) is 0 Å². The first-order chi connectivity index (χ1) is 7.41. The Kier molecular flexibility index (Phi) is 4.36. The van der Waals surface area contributed by atoms with Crippen LogP contribution in [0.4, 0.5) is 0 Å². The molecule has 0 aliphatic rings. The molecule has 0 aliphatic carbocycles. The van der Waals surface area contributed by atoms with Crippen molar-refractivity contribution in [2.24, 2.45) is 0 Å². The largest absolute Gasteiger partial charge is 0.384 e. The van der Waals surface area contributed by atoms with Gasteiger partial charge in [-0.1, -0.05) is 62.0 Å². The van der Waals surface area contributed by atoms with E-state index in [1.54, 1.807) is 0 Å². The van der Waals surface area contributed by atoms with Crippen LogP contribution in [-0.4, -0.2) is 27.8 Å². The van der Waals surface area contributed by atoms with Gasteiger partial charge in [-0.25, -0.2) is 0 Å². The van der Waals surface area contributed by atoms with Crippen LogP contribution in [0.5, 0.6) is 0 Å². The average Bonchev–Trinajstić information content (AvgIpc) is 2.17. The molecule has 0 aromatic heterocycles. The highest BCUT2D eigenvalue weighted by molar-refractivity contribution is 6.80. The lowest BCUT2D eigenvalue weighted by molar-refractivity contribution is 0.564. The van der Waals surface area contributed by atoms with Gasteiger partial charge in [0.15, 0.2) is 0 Å². The van der Waals surface area contributed by atoms with Gasteiger partial charge in [0, 0.05) is 14.1 Å². The zero-order valence-electron chi connectivity index (χ0n) is 11.1. The van der Waals surface area contributed by atoms with E-state index in [2.05, 4.69) is 82.0 Å². The van der Waals surface area contributed by atoms with E-state index in [1.165, 1.54) is 5.19 Å². The summed E-state index contributed by atoms with van der Waals surface area (Å²) in [4.78, 5) is 2.12. The summed E-state index contributed by atoms with van der Waals surface area (Å²) in [6, 6.07) is 10.9. The average molecular weight is 233 g/mol. The molecule has 16 heavy (non-hydrogen) atoms. The van der Waals surface area contributed by atoms with E-state index >= 15 is 0 Å². The quantitative estimate of drug-likeness (QED) is 0.725. The van der Waals surface area contributed by atoms with Crippen LogP contribution in [0.15, 0.2) is 42.2 Å². The van der Waals surface area contributed by atoms with Crippen LogP contribution in [0.2, 0.25) is 5.04 Å². The summed E-state index contributed by atoms with van der Waals surface area (Å²) in [6.07, 6.45) is 2.20. The molecule has 0 heterocycles. The fourth-order valence-corrected chi connectivity index (χ4v) is 4.77. The maximum Gasteiger partial charge on any atom is 0.101 e. The van der Waals surface area contributed by atoms with Gasteiger partial charge in [-0.05, 0) is 11.2 Å². The summed E-state index contributed by atoms with van der Waals surface area (Å²) in [7, 11) is 3.10. The molecule has 2 heteroatoms. The third-order valence-electron chi connectivity index (χ3n) is 2.67. The zero-order valence-corrected chi connectivity index (χ0v) is 12.2. The molecule has 1 unspecified atom stereocenters. The van der Waals surface area contributed by atoms with E-state index in [-0.39, 0.29) is 0 Å². The summed E-state index contributed by atoms with van der Waals surface area (Å²) < 4.78 is 0. The van der Waals surface area contributed by atoms with Gasteiger partial charge in [0.1, 0.15) is 8.80 Å². The molecule has 1 aromatic carbocycles. The van der Waals surface area contributed by atoms with Crippen molar-refractivity contribution in [1.82, 2.24) is 4.90 Å². The topological polar surface area (TPSA) is 3.24 Å². The van der Waals surface area contributed by atoms with Crippen LogP contribution in [0.25, 0.3) is 0 Å². The highest BCUT2D eigenvalue weighted by Crippen LogP contribution is 2.27. The minimum Gasteiger partial charge on any atom is -0.384 e. The fourth-order valence-electron chi connectivity index (χ4n) is 1.82. The van der Waals surface area contributed by atoms with Crippen molar-refractivity contribution in [2.45, 2.75) is 25.8 Å². The molecule has 1 rings (SSSR count). The van der Waals surface area contributed by atoms with Gasteiger partial charge in [-0.2, -0.15) is 0 Å². The lowest BCUT2D eigenvalue weighted by Gasteiger charge is -2.27. The van der Waals surface area contributed by atoms with Crippen molar-refractivity contribution in [3.8, 4) is 0 Å². The van der Waals surface area contributed by atoms with Gasteiger partial charge in [-0.3, -0.25) is 0 Å². The van der Waals surface area contributed by atoms with Crippen molar-refractivity contribution >= 4 is 14.0 Å². The standard InChI is InChI=1S/C14H23NSi/c1-14(2,3)16(12-11-15(4)5)13-9-7-6-8-10-13/h6-12,16H,1-5H3. The lowest BCUT2D eigenvalue weighted by Crippen LogP contribution is -2.37. The third kappa shape index (κ3) is 3.85. The summed E-state index contributed by atoms with van der Waals surface area (Å²) in [6.45, 7) is 7.03. The molecule has 0 saturated carbocycles. The van der Waals surface area contributed by atoms with Gasteiger partial charge >= 0.3 is 0 Å². The van der Waals surface area contributed by atoms with E-state index in [0.29, 0.717) is 5.04 Å². The monoisotopic (exact) mass is 233 g/mol. The van der Waals surface area contributed by atoms with Gasteiger partial charge < -0.3 is 4.90 Å². The normalized spacial score (nSPS) is 14.1. The van der Waals surface area contributed by atoms with Gasteiger partial charge in [0.25, 0.3) is 0 Å². The molecule has 0 spiro atoms. The second-order valence-electron chi connectivity index (χ2n) is 5.56. The summed E-state index contributed by atoms with van der Waals surface area (Å²) in [5.74, 6) is 0. The predicted molar refractivity (Wildman–Crippen MR) is 75.8 cm³/mol. The Morgan fingerprint density at radius 3 is 2.06 bits per heavy atom. The van der Waals surface area contributed by atoms with Crippen LogP contribution in [0.1, 0.15) is 20.8 Å². The molecule has 0 saturated heterocycles. The first-order valence-corrected chi connectivity index (χ1v) is 7.63. The first-order valence-electron chi connectivity index (χ1n) is 5.81. The van der Waals surface area contributed by atoms with Crippen molar-refractivity contribution in [2.75, 3.05) is 14.1 Å². The number of rotatable bonds is 3. The fraction of sp³-hybridized carbons (Fsp3) is 0.429. The Morgan fingerprint density at radius 2 is 1.62 bits per heavy atom. The summed E-state index contributed by atoms with van der Waals surface area (Å²) in [5.41, 5.74) is 2.43. The second-order valence-corrected chi connectivity index (χ2v) is 9.30. The van der Waals surface area contributed by atoms with Crippen molar-refractivity contribution in [3.05, 3.63) is 42.2 Å². The van der Waals surface area contributed by atoms with Crippen molar-refractivity contribution < 1.29 is 0 Å². The number of hydrogen-bond donors (Lipinski definition) is 0. The van der Waals surface area contributed by atoms with Crippen LogP contribution < -0.4 is 5.19 Å². The van der Waals surface area contributed by atoms with E-state index in [9.17, 15) is 0 Å². The SMILES string of the molecule is CN(C)C=C[SiH](c1ccccc1)C(C)(C)C. The Labute approximate surface area is 101 Å². The minimum absolute atomic E-state index is 0.383. The molecular weight excluding hydrogens is 210 g/mol. The molecule has 1 nitrogen and oxygen atoms in total. The van der Waals surface area contributed by atoms with E-state index in [0.717, 1.165) is 0 Å². The summed E-state index contributed by atoms with van der Waals surface area (Å²) in [5, 5.41) is 1.90. The number of nitrogens with zero attached hydrogens (tertiary/aromatic N) is 1. The smallest absolute Gasteiger partial charge is 0.101 e. The summed E-state index contributed by atoms with van der Waals surface area (Å²) >= 11 is 0. The van der Waals surface area contributed by atoms with Crippen LogP contribution >= 0.6 is 0 Å². The predicted octanol–water partition coefficient (Wildman–Crippen LogP) is 2.54. The molecule has 1 atom stereocenters. The van der Waals surface area contributed by atoms with E-state index < -0.39 is 8.80 Å². The molecule has 88 valence electrons. The molecule has 1 aromatic rings. The van der Waals surface area contributed by atoms with E-state index in [4.69, 9.17) is 0 Å². The third-order valence-corrected chi connectivity index (χ3v) is 6.19. The molecule has 0 N–H and O–H groups in total. The number of benzene rings is 1. The Morgan fingerprint density at radius 1 is 1.06 bits per heavy atom. The van der Waals surface area contributed by atoms with Crippen LogP contribution in [0.3, 0.4) is 0 Å². The van der Waals surface area contributed by atoms with E-state index in [1.807, 2.05) is 0 Å². The molecular formula is C14H23NSi. The highest BCUT2D eigenvalue weighted by Gasteiger charge is 2.25. The van der Waals surface area contributed by atoms with Gasteiger partial charge in [0.05, 0.1) is 0 Å². The van der Waals surface area contributed by atoms with Gasteiger partial charge in [-0.15, -0.1) is 0 Å². The molecule has 0 radical (unpaired) electrons. The van der Waals surface area contributed by atoms with Crippen LogP contribution in [-0.2, 0) is 0 Å². The maximum absolute atomic E-state index is 2.43. The lowest BCUT2D eigenvalue weighted by atomic mass is 10.2. The Balaban J connectivity index is 2.98. The maximum atomic E-state index is 2.43. The Bertz CT molecular complexity index is 336. The minimum atomic E-state index is -1.06. The van der Waals surface area contributed by atoms with Gasteiger partial charge in [0.2, 0.25) is 0 Å². The van der Waals surface area contributed by atoms with Crippen LogP contribution in [0, 0.1) is 0 Å². The Hall–Kier alpha value is -1.02. The highest BCUT2D eigenvalue weighted by atomic mass is 28.3.